The van der Waals surface area contributed by atoms with Crippen molar-refractivity contribution < 1.29 is 27.5 Å². The molecule has 1 amide bonds. The number of methoxy groups -OCH3 is 1. The molecular formula is C28H25F3N2O3. The predicted molar refractivity (Wildman–Crippen MR) is 131 cm³/mol. The fourth-order valence-corrected chi connectivity index (χ4v) is 4.18. The van der Waals surface area contributed by atoms with Crippen LogP contribution in [0, 0.1) is 0 Å². The highest BCUT2D eigenvalue weighted by Gasteiger charge is 2.30. The minimum absolute atomic E-state index is 0.118. The minimum Gasteiger partial charge on any atom is -0.497 e. The van der Waals surface area contributed by atoms with Crippen LogP contribution < -0.4 is 10.1 Å². The summed E-state index contributed by atoms with van der Waals surface area (Å²) in [6.45, 7) is 1.93. The molecule has 0 aliphatic heterocycles. The lowest BCUT2D eigenvalue weighted by Gasteiger charge is -2.13. The highest BCUT2D eigenvalue weighted by atomic mass is 19.4. The van der Waals surface area contributed by atoms with Gasteiger partial charge in [-0.2, -0.15) is 13.2 Å². The van der Waals surface area contributed by atoms with Crippen molar-refractivity contribution in [2.24, 2.45) is 0 Å². The maximum atomic E-state index is 13.1. The van der Waals surface area contributed by atoms with Crippen LogP contribution in [0.15, 0.2) is 79.0 Å². The van der Waals surface area contributed by atoms with Crippen LogP contribution in [0.4, 0.5) is 13.2 Å². The summed E-state index contributed by atoms with van der Waals surface area (Å²) in [6, 6.07) is 19.2. The van der Waals surface area contributed by atoms with Crippen molar-refractivity contribution in [2.75, 3.05) is 7.11 Å². The van der Waals surface area contributed by atoms with E-state index in [0.29, 0.717) is 22.9 Å². The quantitative estimate of drug-likeness (QED) is 0.255. The van der Waals surface area contributed by atoms with E-state index in [4.69, 9.17) is 4.74 Å². The van der Waals surface area contributed by atoms with E-state index in [2.05, 4.69) is 5.32 Å². The van der Waals surface area contributed by atoms with Crippen molar-refractivity contribution >= 4 is 22.6 Å². The zero-order chi connectivity index (χ0) is 25.9. The molecule has 0 saturated heterocycles. The van der Waals surface area contributed by atoms with Gasteiger partial charge in [0.25, 0.3) is 11.7 Å². The topological polar surface area (TPSA) is 60.3 Å². The number of hydrogen-bond acceptors (Lipinski definition) is 3. The van der Waals surface area contributed by atoms with E-state index >= 15 is 0 Å². The lowest BCUT2D eigenvalue weighted by atomic mass is 10.1. The van der Waals surface area contributed by atoms with Gasteiger partial charge in [0.15, 0.2) is 0 Å². The van der Waals surface area contributed by atoms with Gasteiger partial charge in [0.05, 0.1) is 18.2 Å². The van der Waals surface area contributed by atoms with Gasteiger partial charge in [-0.15, -0.1) is 0 Å². The molecule has 1 N–H and O–H groups in total. The second kappa shape index (κ2) is 10.3. The van der Waals surface area contributed by atoms with Crippen molar-refractivity contribution in [3.63, 3.8) is 0 Å². The van der Waals surface area contributed by atoms with Crippen LogP contribution in [0.3, 0.4) is 0 Å². The van der Waals surface area contributed by atoms with Crippen LogP contribution in [0.25, 0.3) is 10.9 Å². The lowest BCUT2D eigenvalue weighted by molar-refractivity contribution is -0.137. The Hall–Kier alpha value is -4.07. The van der Waals surface area contributed by atoms with Crippen molar-refractivity contribution in [3.8, 4) is 5.75 Å². The molecule has 3 aromatic carbocycles. The van der Waals surface area contributed by atoms with E-state index in [-0.39, 0.29) is 18.2 Å². The molecule has 5 nitrogen and oxygen atoms in total. The average molecular weight is 495 g/mol. The zero-order valence-corrected chi connectivity index (χ0v) is 19.8. The van der Waals surface area contributed by atoms with E-state index in [9.17, 15) is 22.8 Å². The molecule has 0 aliphatic rings. The number of aromatic nitrogens is 1. The Labute approximate surface area is 206 Å². The van der Waals surface area contributed by atoms with Gasteiger partial charge in [0.2, 0.25) is 0 Å². The summed E-state index contributed by atoms with van der Waals surface area (Å²) in [5.74, 6) is -0.708. The van der Waals surface area contributed by atoms with Gasteiger partial charge in [0, 0.05) is 29.7 Å². The number of nitrogens with one attached hydrogen (secondary N) is 1. The fraction of sp³-hybridized carbons (Fsp3) is 0.214. The van der Waals surface area contributed by atoms with Gasteiger partial charge >= 0.3 is 6.18 Å². The second-order valence-electron chi connectivity index (χ2n) is 8.64. The van der Waals surface area contributed by atoms with Crippen LogP contribution >= 0.6 is 0 Å². The standard InChI is InChI=1S/C28H25F3N2O3/c1-18(14-19-10-12-22(36-2)13-11-19)32-27(35)26(34)24-17-33(25-9-4-3-8-23(24)25)16-20-6-5-7-21(15-20)28(29,30)31/h3-13,15,17-18H,14,16H2,1-2H3,(H,32,35)/t18-/m0/s1. The summed E-state index contributed by atoms with van der Waals surface area (Å²) in [4.78, 5) is 25.9. The molecule has 186 valence electrons. The summed E-state index contributed by atoms with van der Waals surface area (Å²) in [5.41, 5.74) is 1.53. The molecule has 1 aromatic heterocycles. The number of benzene rings is 3. The van der Waals surface area contributed by atoms with Crippen LogP contribution in [0.1, 0.15) is 34.0 Å². The van der Waals surface area contributed by atoms with E-state index in [1.54, 1.807) is 42.0 Å². The number of rotatable bonds is 8. The SMILES string of the molecule is COc1ccc(C[C@H](C)NC(=O)C(=O)c2cn(Cc3cccc(C(F)(F)F)c3)c3ccccc23)cc1. The first-order valence-corrected chi connectivity index (χ1v) is 11.4. The fourth-order valence-electron chi connectivity index (χ4n) is 4.18. The molecule has 0 unspecified atom stereocenters. The number of amides is 1. The molecule has 36 heavy (non-hydrogen) atoms. The summed E-state index contributed by atoms with van der Waals surface area (Å²) >= 11 is 0. The van der Waals surface area contributed by atoms with Gasteiger partial charge in [-0.25, -0.2) is 0 Å². The zero-order valence-electron chi connectivity index (χ0n) is 19.8. The lowest BCUT2D eigenvalue weighted by Crippen LogP contribution is -2.38. The number of carbonyl (C=O) groups is 2. The van der Waals surface area contributed by atoms with Gasteiger partial charge < -0.3 is 14.6 Å². The number of fused-ring (bicyclic) bond motifs is 1. The molecule has 0 spiro atoms. The monoisotopic (exact) mass is 494 g/mol. The molecule has 4 aromatic rings. The summed E-state index contributed by atoms with van der Waals surface area (Å²) in [6.07, 6.45) is -2.39. The summed E-state index contributed by atoms with van der Waals surface area (Å²) < 4.78 is 46.2. The first-order valence-electron chi connectivity index (χ1n) is 11.4. The summed E-state index contributed by atoms with van der Waals surface area (Å²) in [7, 11) is 1.58. The number of alkyl halides is 3. The van der Waals surface area contributed by atoms with Crippen molar-refractivity contribution in [1.82, 2.24) is 9.88 Å². The minimum atomic E-state index is -4.45. The molecule has 8 heteroatoms. The number of carbonyl (C=O) groups excluding carboxylic acids is 2. The van der Waals surface area contributed by atoms with Crippen molar-refractivity contribution in [3.05, 3.63) is 101 Å². The number of halogens is 3. The molecule has 0 bridgehead atoms. The molecular weight excluding hydrogens is 469 g/mol. The molecule has 0 fully saturated rings. The van der Waals surface area contributed by atoms with Gasteiger partial charge in [-0.3, -0.25) is 9.59 Å². The Morgan fingerprint density at radius 3 is 2.39 bits per heavy atom. The van der Waals surface area contributed by atoms with Crippen LogP contribution in [-0.4, -0.2) is 29.4 Å². The average Bonchev–Trinajstić information content (AvgIpc) is 3.22. The van der Waals surface area contributed by atoms with E-state index < -0.39 is 23.4 Å². The highest BCUT2D eigenvalue weighted by molar-refractivity contribution is 6.45. The Morgan fingerprint density at radius 1 is 0.972 bits per heavy atom. The number of Topliss-reactive ketones (excluding diaryl/α,β-unsaturated/α-hetero) is 1. The normalized spacial score (nSPS) is 12.4. The largest absolute Gasteiger partial charge is 0.497 e. The Bertz CT molecular complexity index is 1390. The van der Waals surface area contributed by atoms with Gasteiger partial charge in [0.1, 0.15) is 5.75 Å². The first kappa shape index (κ1) is 25.0. The van der Waals surface area contributed by atoms with Gasteiger partial charge in [-0.05, 0) is 54.8 Å². The molecule has 0 saturated carbocycles. The van der Waals surface area contributed by atoms with Crippen molar-refractivity contribution in [2.45, 2.75) is 32.1 Å². The van der Waals surface area contributed by atoms with Crippen LogP contribution in [-0.2, 0) is 23.9 Å². The van der Waals surface area contributed by atoms with Crippen LogP contribution in [0.2, 0.25) is 0 Å². The van der Waals surface area contributed by atoms with Crippen LogP contribution in [0.5, 0.6) is 5.75 Å². The number of ether oxygens (including phenoxy) is 1. The van der Waals surface area contributed by atoms with E-state index in [1.165, 1.54) is 12.3 Å². The number of hydrogen-bond donors (Lipinski definition) is 1. The second-order valence-corrected chi connectivity index (χ2v) is 8.64. The molecule has 1 atom stereocenters. The highest BCUT2D eigenvalue weighted by Crippen LogP contribution is 2.30. The molecule has 0 radical (unpaired) electrons. The third-order valence-electron chi connectivity index (χ3n) is 5.93. The van der Waals surface area contributed by atoms with Gasteiger partial charge in [-0.1, -0.05) is 42.5 Å². The first-order chi connectivity index (χ1) is 17.2. The Kier molecular flexibility index (Phi) is 7.15. The molecule has 0 aliphatic carbocycles. The Balaban J connectivity index is 1.53. The molecule has 1 heterocycles. The Morgan fingerprint density at radius 2 is 1.69 bits per heavy atom. The van der Waals surface area contributed by atoms with Crippen molar-refractivity contribution in [1.29, 1.82) is 0 Å². The number of nitrogens with zero attached hydrogens (tertiary/aromatic N) is 1. The van der Waals surface area contributed by atoms with E-state index in [1.807, 2.05) is 31.2 Å². The molecule has 4 rings (SSSR count). The van der Waals surface area contributed by atoms with E-state index in [0.717, 1.165) is 23.4 Å². The third-order valence-corrected chi connectivity index (χ3v) is 5.93. The number of para-hydroxylation sites is 1. The maximum absolute atomic E-state index is 13.1. The third kappa shape index (κ3) is 5.59. The predicted octanol–water partition coefficient (Wildman–Crippen LogP) is 5.65. The summed E-state index contributed by atoms with van der Waals surface area (Å²) in [5, 5.41) is 3.31. The maximum Gasteiger partial charge on any atom is 0.416 e. The smallest absolute Gasteiger partial charge is 0.416 e. The number of ketones is 1.